The number of aliphatic carboxylic acids is 1. The molecule has 0 heterocycles. The summed E-state index contributed by atoms with van der Waals surface area (Å²) in [5.74, 6) is 0.0981. The molecular formula is C16H30O3. The number of carboxylic acid groups (broad SMARTS) is 1. The summed E-state index contributed by atoms with van der Waals surface area (Å²) < 4.78 is 0. The topological polar surface area (TPSA) is 57.5 Å². The summed E-state index contributed by atoms with van der Waals surface area (Å²) in [6.45, 7) is 8.95. The van der Waals surface area contributed by atoms with Crippen molar-refractivity contribution in [2.24, 2.45) is 16.7 Å². The zero-order valence-electron chi connectivity index (χ0n) is 12.9. The van der Waals surface area contributed by atoms with Gasteiger partial charge in [-0.1, -0.05) is 40.5 Å². The van der Waals surface area contributed by atoms with Gasteiger partial charge in [0.15, 0.2) is 0 Å². The van der Waals surface area contributed by atoms with Gasteiger partial charge in [0.25, 0.3) is 0 Å². The van der Waals surface area contributed by atoms with Crippen molar-refractivity contribution in [1.29, 1.82) is 0 Å². The first-order valence-electron chi connectivity index (χ1n) is 7.65. The third-order valence-corrected chi connectivity index (χ3v) is 5.74. The van der Waals surface area contributed by atoms with Crippen LogP contribution in [-0.2, 0) is 4.79 Å². The molecule has 2 aliphatic rings. The number of carbonyl (C=O) groups is 1. The Labute approximate surface area is 117 Å². The molecule has 0 aliphatic heterocycles. The van der Waals surface area contributed by atoms with Gasteiger partial charge < -0.3 is 10.2 Å². The van der Waals surface area contributed by atoms with E-state index in [1.807, 2.05) is 0 Å². The molecule has 2 N–H and O–H groups in total. The number of fused-ring (bicyclic) bond motifs is 2. The van der Waals surface area contributed by atoms with Crippen LogP contribution < -0.4 is 0 Å². The van der Waals surface area contributed by atoms with Crippen molar-refractivity contribution in [2.45, 2.75) is 78.7 Å². The Morgan fingerprint density at radius 2 is 1.89 bits per heavy atom. The third-order valence-electron chi connectivity index (χ3n) is 5.74. The third kappa shape index (κ3) is 3.31. The molecule has 0 amide bonds. The average Bonchev–Trinajstić information content (AvgIpc) is 2.63. The molecule has 3 heteroatoms. The van der Waals surface area contributed by atoms with Crippen molar-refractivity contribution in [1.82, 2.24) is 0 Å². The van der Waals surface area contributed by atoms with Crippen molar-refractivity contribution >= 4 is 5.97 Å². The van der Waals surface area contributed by atoms with E-state index in [-0.39, 0.29) is 11.5 Å². The highest BCUT2D eigenvalue weighted by atomic mass is 16.4. The molecule has 2 saturated carbocycles. The molecule has 0 aromatic carbocycles. The predicted molar refractivity (Wildman–Crippen MR) is 77.0 cm³/mol. The Balaban J connectivity index is 0.000000203. The van der Waals surface area contributed by atoms with E-state index in [1.54, 1.807) is 0 Å². The van der Waals surface area contributed by atoms with Gasteiger partial charge in [-0.05, 0) is 42.4 Å². The number of carboxylic acids is 1. The fourth-order valence-electron chi connectivity index (χ4n) is 3.69. The highest BCUT2D eigenvalue weighted by Gasteiger charge is 2.60. The minimum absolute atomic E-state index is 0.0313. The van der Waals surface area contributed by atoms with Gasteiger partial charge in [0.2, 0.25) is 0 Å². The van der Waals surface area contributed by atoms with Crippen LogP contribution in [0.3, 0.4) is 0 Å². The summed E-state index contributed by atoms with van der Waals surface area (Å²) in [6, 6.07) is 0. The standard InChI is InChI=1S/C10H18O.C6H12O2/c1-9(2)7-4-5-10(9,3)8(11)6-7;1-2-3-4-5-6(7)8/h7-8,11H,4-6H2,1-3H3;2-5H2,1H3,(H,7,8). The van der Waals surface area contributed by atoms with Crippen LogP contribution in [0.1, 0.15) is 72.6 Å². The number of aliphatic hydroxyl groups is 1. The zero-order valence-corrected chi connectivity index (χ0v) is 12.9. The SMILES string of the molecule is CC1(C)C2CCC1(C)C(O)C2.CCCCCC(=O)O. The van der Waals surface area contributed by atoms with Crippen LogP contribution in [-0.4, -0.2) is 22.3 Å². The lowest BCUT2D eigenvalue weighted by atomic mass is 9.70. The van der Waals surface area contributed by atoms with Crippen LogP contribution in [0, 0.1) is 16.7 Å². The lowest BCUT2D eigenvalue weighted by Gasteiger charge is -2.36. The van der Waals surface area contributed by atoms with Gasteiger partial charge in [0.05, 0.1) is 6.10 Å². The van der Waals surface area contributed by atoms with Crippen molar-refractivity contribution in [3.8, 4) is 0 Å². The van der Waals surface area contributed by atoms with Crippen molar-refractivity contribution in [3.63, 3.8) is 0 Å². The Morgan fingerprint density at radius 1 is 1.26 bits per heavy atom. The molecule has 3 unspecified atom stereocenters. The van der Waals surface area contributed by atoms with E-state index in [1.165, 1.54) is 12.8 Å². The number of aliphatic hydroxyl groups excluding tert-OH is 1. The molecule has 3 nitrogen and oxygen atoms in total. The maximum Gasteiger partial charge on any atom is 0.303 e. The zero-order chi connectivity index (χ0) is 14.7. The van der Waals surface area contributed by atoms with Crippen LogP contribution in [0.15, 0.2) is 0 Å². The first-order valence-corrected chi connectivity index (χ1v) is 7.65. The first-order chi connectivity index (χ1) is 8.75. The lowest BCUT2D eigenvalue weighted by molar-refractivity contribution is -0.137. The number of hydrogen-bond donors (Lipinski definition) is 2. The Bertz CT molecular complexity index is 311. The van der Waals surface area contributed by atoms with E-state index in [9.17, 15) is 9.90 Å². The fourth-order valence-corrected chi connectivity index (χ4v) is 3.69. The first kappa shape index (κ1) is 16.5. The molecule has 0 aromatic rings. The van der Waals surface area contributed by atoms with Crippen LogP contribution in [0.2, 0.25) is 0 Å². The minimum Gasteiger partial charge on any atom is -0.481 e. The molecule has 0 saturated heterocycles. The Hall–Kier alpha value is -0.570. The van der Waals surface area contributed by atoms with Crippen LogP contribution in [0.25, 0.3) is 0 Å². The van der Waals surface area contributed by atoms with Gasteiger partial charge in [-0.25, -0.2) is 0 Å². The summed E-state index contributed by atoms with van der Waals surface area (Å²) in [7, 11) is 0. The summed E-state index contributed by atoms with van der Waals surface area (Å²) in [4.78, 5) is 9.87. The lowest BCUT2D eigenvalue weighted by Crippen LogP contribution is -2.35. The Kier molecular flexibility index (Phi) is 5.43. The van der Waals surface area contributed by atoms with Gasteiger partial charge in [-0.3, -0.25) is 4.79 Å². The predicted octanol–water partition coefficient (Wildman–Crippen LogP) is 3.84. The fraction of sp³-hybridized carbons (Fsp3) is 0.938. The molecule has 2 fully saturated rings. The van der Waals surface area contributed by atoms with Crippen LogP contribution >= 0.6 is 0 Å². The van der Waals surface area contributed by atoms with E-state index in [0.717, 1.165) is 31.6 Å². The second kappa shape index (κ2) is 6.25. The monoisotopic (exact) mass is 270 g/mol. The van der Waals surface area contributed by atoms with Crippen molar-refractivity contribution in [2.75, 3.05) is 0 Å². The largest absolute Gasteiger partial charge is 0.481 e. The van der Waals surface area contributed by atoms with E-state index in [0.29, 0.717) is 11.8 Å². The molecule has 2 aliphatic carbocycles. The highest BCUT2D eigenvalue weighted by Crippen LogP contribution is 2.65. The molecule has 112 valence electrons. The molecule has 0 spiro atoms. The minimum atomic E-state index is -0.682. The van der Waals surface area contributed by atoms with Gasteiger partial charge in [0, 0.05) is 6.42 Å². The smallest absolute Gasteiger partial charge is 0.303 e. The number of hydrogen-bond acceptors (Lipinski definition) is 2. The number of rotatable bonds is 4. The molecule has 19 heavy (non-hydrogen) atoms. The average molecular weight is 270 g/mol. The molecule has 0 aromatic heterocycles. The second-order valence-corrected chi connectivity index (χ2v) is 6.98. The maximum atomic E-state index is 9.87. The van der Waals surface area contributed by atoms with Gasteiger partial charge >= 0.3 is 5.97 Å². The normalized spacial score (nSPS) is 34.8. The molecule has 2 rings (SSSR count). The summed E-state index contributed by atoms with van der Waals surface area (Å²) >= 11 is 0. The quantitative estimate of drug-likeness (QED) is 0.763. The molecule has 0 radical (unpaired) electrons. The van der Waals surface area contributed by atoms with Gasteiger partial charge in [0.1, 0.15) is 0 Å². The van der Waals surface area contributed by atoms with E-state index < -0.39 is 5.97 Å². The molecule has 3 atom stereocenters. The maximum absolute atomic E-state index is 9.87. The second-order valence-electron chi connectivity index (χ2n) is 6.98. The van der Waals surface area contributed by atoms with Crippen molar-refractivity contribution in [3.05, 3.63) is 0 Å². The summed E-state index contributed by atoms with van der Waals surface area (Å²) in [6.07, 6.45) is 6.85. The number of unbranched alkanes of at least 4 members (excludes halogenated alkanes) is 2. The van der Waals surface area contributed by atoms with Gasteiger partial charge in [-0.15, -0.1) is 0 Å². The van der Waals surface area contributed by atoms with Crippen LogP contribution in [0.4, 0.5) is 0 Å². The van der Waals surface area contributed by atoms with E-state index in [4.69, 9.17) is 5.11 Å². The van der Waals surface area contributed by atoms with E-state index >= 15 is 0 Å². The van der Waals surface area contributed by atoms with E-state index in [2.05, 4.69) is 27.7 Å². The molecular weight excluding hydrogens is 240 g/mol. The van der Waals surface area contributed by atoms with Gasteiger partial charge in [-0.2, -0.15) is 0 Å². The summed E-state index contributed by atoms with van der Waals surface area (Å²) in [5, 5.41) is 18.0. The van der Waals surface area contributed by atoms with Crippen LogP contribution in [0.5, 0.6) is 0 Å². The highest BCUT2D eigenvalue weighted by molar-refractivity contribution is 5.66. The van der Waals surface area contributed by atoms with Crippen molar-refractivity contribution < 1.29 is 15.0 Å². The summed E-state index contributed by atoms with van der Waals surface area (Å²) in [5.41, 5.74) is 0.601. The molecule has 2 bridgehead atoms. The Morgan fingerprint density at radius 3 is 2.16 bits per heavy atom.